The zero-order valence-corrected chi connectivity index (χ0v) is 31.5. The van der Waals surface area contributed by atoms with Gasteiger partial charge in [0, 0.05) is 32.7 Å². The first-order valence-corrected chi connectivity index (χ1v) is 18.6. The highest BCUT2D eigenvalue weighted by atomic mass is 16.8. The predicted octanol–water partition coefficient (Wildman–Crippen LogP) is -6.97. The smallest absolute Gasteiger partial charge is 0.333 e. The molecule has 10 N–H and O–H groups in total. The predicted molar refractivity (Wildman–Crippen MR) is 180 cm³/mol. The van der Waals surface area contributed by atoms with Gasteiger partial charge in [-0.3, -0.25) is 19.2 Å². The molecule has 25 heteroatoms. The molecule has 334 valence electrons. The molecular weight excluding hydrogens is 792 g/mol. The summed E-state index contributed by atoms with van der Waals surface area (Å²) in [6, 6.07) is 0. The van der Waals surface area contributed by atoms with Gasteiger partial charge in [0.2, 0.25) is 0 Å². The third kappa shape index (κ3) is 12.2. The molecule has 58 heavy (non-hydrogen) atoms. The molecule has 4 fully saturated rings. The van der Waals surface area contributed by atoms with E-state index in [0.717, 1.165) is 5.06 Å². The van der Waals surface area contributed by atoms with E-state index < -0.39 is 136 Å². The molecule has 2 amide bonds. The molecule has 0 radical (unpaired) electrons. The van der Waals surface area contributed by atoms with Gasteiger partial charge in [-0.1, -0.05) is 0 Å². The first kappa shape index (κ1) is 48.0. The van der Waals surface area contributed by atoms with Crippen LogP contribution in [0.4, 0.5) is 0 Å². The number of carbonyl (C=O) groups is 4. The van der Waals surface area contributed by atoms with E-state index in [1.165, 1.54) is 7.05 Å². The van der Waals surface area contributed by atoms with E-state index in [-0.39, 0.29) is 58.5 Å². The highest BCUT2D eigenvalue weighted by molar-refractivity contribution is 6.01. The second-order valence-corrected chi connectivity index (χ2v) is 13.8. The van der Waals surface area contributed by atoms with E-state index in [0.29, 0.717) is 11.5 Å². The molecule has 0 saturated carbocycles. The maximum absolute atomic E-state index is 12.0. The Labute approximate surface area is 330 Å². The van der Waals surface area contributed by atoms with Crippen LogP contribution in [0, 0.1) is 0 Å². The van der Waals surface area contributed by atoms with E-state index in [1.54, 1.807) is 0 Å². The van der Waals surface area contributed by atoms with Crippen LogP contribution in [0.3, 0.4) is 0 Å². The van der Waals surface area contributed by atoms with Crippen molar-refractivity contribution in [2.24, 2.45) is 0 Å². The van der Waals surface area contributed by atoms with E-state index >= 15 is 0 Å². The van der Waals surface area contributed by atoms with Crippen LogP contribution in [0.5, 0.6) is 0 Å². The molecule has 4 saturated heterocycles. The fourth-order valence-electron chi connectivity index (χ4n) is 6.40. The maximum Gasteiger partial charge on any atom is 0.333 e. The van der Waals surface area contributed by atoms with Crippen LogP contribution in [0.25, 0.3) is 0 Å². The first-order chi connectivity index (χ1) is 27.6. The Kier molecular flexibility index (Phi) is 18.9. The Morgan fingerprint density at radius 3 is 1.81 bits per heavy atom. The molecular formula is C33H54N2O23. The number of ether oxygens (including phenoxy) is 7. The summed E-state index contributed by atoms with van der Waals surface area (Å²) in [6.45, 7) is -2.67. The van der Waals surface area contributed by atoms with Gasteiger partial charge in [0.1, 0.15) is 79.9 Å². The molecule has 4 rings (SSSR count). The molecule has 4 aliphatic heterocycles. The second-order valence-electron chi connectivity index (χ2n) is 13.8. The van der Waals surface area contributed by atoms with Gasteiger partial charge in [0.25, 0.3) is 11.8 Å². The summed E-state index contributed by atoms with van der Waals surface area (Å²) in [5.74, 6) is -2.48. The number of hydrogen-bond donors (Lipinski definition) is 10. The summed E-state index contributed by atoms with van der Waals surface area (Å²) in [5, 5.41) is 105. The maximum atomic E-state index is 12.0. The number of rotatable bonds is 21. The highest BCUT2D eigenvalue weighted by Gasteiger charge is 2.54. The minimum atomic E-state index is -1.97. The minimum Gasteiger partial charge on any atom is -0.463 e. The lowest BCUT2D eigenvalue weighted by molar-refractivity contribution is -0.383. The Balaban J connectivity index is 1.17. The fourth-order valence-corrected chi connectivity index (χ4v) is 6.40. The van der Waals surface area contributed by atoms with Crippen molar-refractivity contribution in [1.29, 1.82) is 0 Å². The average Bonchev–Trinajstić information content (AvgIpc) is 3.52. The number of unbranched alkanes of at least 4 members (excludes halogenated alkanes) is 1. The van der Waals surface area contributed by atoms with Gasteiger partial charge in [0.05, 0.1) is 39.6 Å². The lowest BCUT2D eigenvalue weighted by Gasteiger charge is -2.48. The summed E-state index contributed by atoms with van der Waals surface area (Å²) in [6.07, 6.45) is -25.1. The molecule has 0 aromatic rings. The van der Waals surface area contributed by atoms with Gasteiger partial charge < -0.3 is 89.1 Å². The second kappa shape index (κ2) is 22.8. The minimum absolute atomic E-state index is 0.000102. The highest BCUT2D eigenvalue weighted by Crippen LogP contribution is 2.33. The number of aliphatic hydroxyl groups is 10. The molecule has 4 heterocycles. The summed E-state index contributed by atoms with van der Waals surface area (Å²) in [5.41, 5.74) is 0. The van der Waals surface area contributed by atoms with Gasteiger partial charge in [0.15, 0.2) is 18.8 Å². The molecule has 25 nitrogen and oxygen atoms in total. The Hall–Kier alpha value is -2.64. The van der Waals surface area contributed by atoms with Crippen LogP contribution in [-0.2, 0) is 62.0 Å². The zero-order chi connectivity index (χ0) is 42.7. The number of amides is 2. The van der Waals surface area contributed by atoms with Crippen LogP contribution < -0.4 is 0 Å². The third-order valence-electron chi connectivity index (χ3n) is 9.67. The lowest BCUT2D eigenvalue weighted by atomic mass is 9.95. The topological polar surface area (TPSA) is 360 Å². The molecule has 15 atom stereocenters. The number of esters is 1. The number of hydrogen-bond acceptors (Lipinski definition) is 24. The van der Waals surface area contributed by atoms with Gasteiger partial charge >= 0.3 is 11.9 Å². The number of hydroxylamine groups is 4. The summed E-state index contributed by atoms with van der Waals surface area (Å²) < 4.78 is 38.2. The summed E-state index contributed by atoms with van der Waals surface area (Å²) in [7, 11) is 1.35. The Morgan fingerprint density at radius 2 is 1.19 bits per heavy atom. The van der Waals surface area contributed by atoms with Crippen molar-refractivity contribution in [3.63, 3.8) is 0 Å². The molecule has 0 spiro atoms. The molecule has 0 aromatic heterocycles. The molecule has 0 aromatic carbocycles. The van der Waals surface area contributed by atoms with Gasteiger partial charge in [-0.05, 0) is 12.8 Å². The number of nitrogens with zero attached hydrogens (tertiary/aromatic N) is 2. The van der Waals surface area contributed by atoms with Crippen molar-refractivity contribution < 1.29 is 113 Å². The largest absolute Gasteiger partial charge is 0.463 e. The zero-order valence-electron chi connectivity index (χ0n) is 31.5. The first-order valence-electron chi connectivity index (χ1n) is 18.6. The molecule has 4 aliphatic rings. The van der Waals surface area contributed by atoms with Crippen molar-refractivity contribution in [1.82, 2.24) is 10.1 Å². The van der Waals surface area contributed by atoms with Crippen LogP contribution >= 0.6 is 0 Å². The van der Waals surface area contributed by atoms with Crippen molar-refractivity contribution in [2.75, 3.05) is 53.3 Å². The van der Waals surface area contributed by atoms with Crippen LogP contribution in [0.1, 0.15) is 38.5 Å². The molecule has 0 aliphatic carbocycles. The monoisotopic (exact) mass is 846 g/mol. The van der Waals surface area contributed by atoms with E-state index in [1.807, 2.05) is 0 Å². The van der Waals surface area contributed by atoms with Crippen molar-refractivity contribution in [3.05, 3.63) is 0 Å². The van der Waals surface area contributed by atoms with Gasteiger partial charge in [-0.15, -0.1) is 5.06 Å². The standard InChI is InChI=1S/C33H54N2O23/c1-34(52-11-9-50-8-10-51-20(41)4-2-3-5-21(42)58-35-18(39)6-7-19(35)40)31-26(47)25(46)29(17(14-38)53-31)56-33-28(49)30(23(44)16(13-37)55-33)57-32-27(48)24(45)22(43)15(12-36)54-32/h15-17,22-33,36-38,43-49H,2-14H2,1H3/t15-,16-,17-,22+,23+,24+,25-,26-,27-,28-,29-,30+,31-,32-,33+/m1/s1. The van der Waals surface area contributed by atoms with Crippen LogP contribution in [0.15, 0.2) is 0 Å². The normalized spacial score (nSPS) is 37.0. The van der Waals surface area contributed by atoms with Crippen molar-refractivity contribution in [2.45, 2.75) is 131 Å². The Morgan fingerprint density at radius 1 is 0.638 bits per heavy atom. The van der Waals surface area contributed by atoms with Crippen LogP contribution in [-0.4, -0.2) is 230 Å². The van der Waals surface area contributed by atoms with Crippen molar-refractivity contribution in [3.8, 4) is 0 Å². The van der Waals surface area contributed by atoms with E-state index in [4.69, 9.17) is 42.8 Å². The molecule has 0 bridgehead atoms. The third-order valence-corrected chi connectivity index (χ3v) is 9.67. The summed E-state index contributed by atoms with van der Waals surface area (Å²) in [4.78, 5) is 57.0. The quantitative estimate of drug-likeness (QED) is 0.0222. The number of likely N-dealkylation sites (N-methyl/N-ethyl adjacent to an activating group) is 1. The number of carbonyl (C=O) groups excluding carboxylic acids is 4. The number of aliphatic hydroxyl groups excluding tert-OH is 10. The van der Waals surface area contributed by atoms with E-state index in [9.17, 15) is 70.2 Å². The van der Waals surface area contributed by atoms with Gasteiger partial charge in [-0.2, -0.15) is 5.06 Å². The van der Waals surface area contributed by atoms with Gasteiger partial charge in [-0.25, -0.2) is 4.79 Å². The fraction of sp³-hybridized carbons (Fsp3) is 0.879. The van der Waals surface area contributed by atoms with E-state index in [2.05, 4.69) is 0 Å². The SMILES string of the molecule is CN(OCCOCCOC(=O)CCCCC(=O)ON1C(=O)CCC1=O)[C@@H]1O[C@H](CO)[C@@H](O[C@@H]2O[C@H](CO)[C@H](O)[C@H](O[C@H]3O[C@H](CO)[C@H](O)[C@H](O)[C@H]3O)[C@H]2O)[C@H](O)[C@H]1O. The average molecular weight is 847 g/mol. The Bertz CT molecular complexity index is 1310. The summed E-state index contributed by atoms with van der Waals surface area (Å²) >= 11 is 0. The number of imide groups is 1. The van der Waals surface area contributed by atoms with Crippen LogP contribution in [0.2, 0.25) is 0 Å². The lowest BCUT2D eigenvalue weighted by Crippen LogP contribution is -2.67. The van der Waals surface area contributed by atoms with Crippen molar-refractivity contribution >= 4 is 23.8 Å². The molecule has 0 unspecified atom stereocenters.